The highest BCUT2D eigenvalue weighted by atomic mass is 32.1. The number of fused-ring (bicyclic) bond motifs is 1. The lowest BCUT2D eigenvalue weighted by Crippen LogP contribution is -2.29. The van der Waals surface area contributed by atoms with Gasteiger partial charge in [-0.15, -0.1) is 0 Å². The zero-order chi connectivity index (χ0) is 28.4. The second-order valence-electron chi connectivity index (χ2n) is 9.95. The molecule has 1 amide bonds. The Balaban J connectivity index is 1.63. The van der Waals surface area contributed by atoms with Gasteiger partial charge in [0, 0.05) is 5.56 Å². The number of aryl methyl sites for hydroxylation is 2. The van der Waals surface area contributed by atoms with Crippen LogP contribution in [0.5, 0.6) is 11.5 Å². The van der Waals surface area contributed by atoms with Crippen LogP contribution in [0.25, 0.3) is 16.0 Å². The predicted molar refractivity (Wildman–Crippen MR) is 158 cm³/mol. The summed E-state index contributed by atoms with van der Waals surface area (Å²) in [6.45, 7) is 6.75. The molecule has 7 nitrogen and oxygen atoms in total. The Morgan fingerprint density at radius 3 is 2.52 bits per heavy atom. The van der Waals surface area contributed by atoms with Crippen molar-refractivity contribution in [1.29, 1.82) is 0 Å². The fourth-order valence-electron chi connectivity index (χ4n) is 5.02. The van der Waals surface area contributed by atoms with Crippen LogP contribution in [0.1, 0.15) is 54.5 Å². The lowest BCUT2D eigenvalue weighted by atomic mass is 9.95. The molecule has 1 aliphatic rings. The number of hydrogen-bond donors (Lipinski definition) is 1. The molecule has 2 heterocycles. The van der Waals surface area contributed by atoms with E-state index < -0.39 is 17.7 Å². The van der Waals surface area contributed by atoms with Gasteiger partial charge in [0.1, 0.15) is 17.3 Å². The van der Waals surface area contributed by atoms with E-state index in [-0.39, 0.29) is 11.3 Å². The van der Waals surface area contributed by atoms with Crippen LogP contribution >= 0.6 is 11.3 Å². The quantitative estimate of drug-likeness (QED) is 0.102. The first-order valence-electron chi connectivity index (χ1n) is 13.4. The second kappa shape index (κ2) is 11.5. The summed E-state index contributed by atoms with van der Waals surface area (Å²) in [5.74, 6) is -0.537. The van der Waals surface area contributed by atoms with Crippen molar-refractivity contribution in [2.45, 2.75) is 46.1 Å². The standard InChI is InChI=1S/C32H32N2O5S/c1-5-6-7-15-39-23-13-11-21(12-14-23)28-26(29(35)22-9-8-10-24(18-22)38-4)30(36)31(37)34(28)32-33-27-20(3)16-19(2)17-25(27)40-32/h8-14,16-18,28,35H,5-7,15H2,1-4H3. The Morgan fingerprint density at radius 1 is 1.02 bits per heavy atom. The summed E-state index contributed by atoms with van der Waals surface area (Å²) in [6.07, 6.45) is 3.17. The molecule has 1 aliphatic heterocycles. The maximum Gasteiger partial charge on any atom is 0.301 e. The molecule has 0 saturated carbocycles. The van der Waals surface area contributed by atoms with E-state index in [1.165, 1.54) is 23.3 Å². The Kier molecular flexibility index (Phi) is 7.89. The van der Waals surface area contributed by atoms with E-state index in [0.29, 0.717) is 34.4 Å². The van der Waals surface area contributed by atoms with Crippen LogP contribution in [0.4, 0.5) is 5.13 Å². The Hall–Kier alpha value is -4.17. The number of aliphatic hydroxyl groups excluding tert-OH is 1. The van der Waals surface area contributed by atoms with E-state index in [2.05, 4.69) is 6.92 Å². The molecule has 0 bridgehead atoms. The number of nitrogens with zero attached hydrogens (tertiary/aromatic N) is 2. The van der Waals surface area contributed by atoms with Gasteiger partial charge in [0.2, 0.25) is 0 Å². The number of unbranched alkanes of at least 4 members (excludes halogenated alkanes) is 2. The molecule has 1 unspecified atom stereocenters. The number of carbonyl (C=O) groups is 2. The van der Waals surface area contributed by atoms with E-state index in [9.17, 15) is 14.7 Å². The number of methoxy groups -OCH3 is 1. The molecular formula is C32H32N2O5S. The van der Waals surface area contributed by atoms with Gasteiger partial charge in [-0.25, -0.2) is 4.98 Å². The van der Waals surface area contributed by atoms with Crippen LogP contribution in [-0.2, 0) is 9.59 Å². The summed E-state index contributed by atoms with van der Waals surface area (Å²) in [7, 11) is 1.53. The SMILES string of the molecule is CCCCCOc1ccc(C2C(=C(O)c3cccc(OC)c3)C(=O)C(=O)N2c2nc3c(C)cc(C)cc3s2)cc1. The Bertz CT molecular complexity index is 1610. The highest BCUT2D eigenvalue weighted by molar-refractivity contribution is 7.22. The van der Waals surface area contributed by atoms with Crippen molar-refractivity contribution >= 4 is 44.1 Å². The fourth-order valence-corrected chi connectivity index (χ4v) is 6.19. The van der Waals surface area contributed by atoms with E-state index >= 15 is 0 Å². The summed E-state index contributed by atoms with van der Waals surface area (Å²) in [5, 5.41) is 11.9. The number of ketones is 1. The minimum Gasteiger partial charge on any atom is -0.507 e. The van der Waals surface area contributed by atoms with Gasteiger partial charge in [-0.3, -0.25) is 14.5 Å². The molecule has 1 atom stereocenters. The maximum absolute atomic E-state index is 13.6. The third-order valence-electron chi connectivity index (χ3n) is 7.02. The summed E-state index contributed by atoms with van der Waals surface area (Å²) in [6, 6.07) is 17.3. The number of amides is 1. The first kappa shape index (κ1) is 27.4. The van der Waals surface area contributed by atoms with E-state index in [1.54, 1.807) is 24.3 Å². The lowest BCUT2D eigenvalue weighted by molar-refractivity contribution is -0.132. The van der Waals surface area contributed by atoms with E-state index in [4.69, 9.17) is 14.5 Å². The number of thiazole rings is 1. The molecule has 40 heavy (non-hydrogen) atoms. The minimum absolute atomic E-state index is 0.00188. The number of rotatable bonds is 9. The largest absolute Gasteiger partial charge is 0.507 e. The fraction of sp³-hybridized carbons (Fsp3) is 0.281. The Morgan fingerprint density at radius 2 is 1.80 bits per heavy atom. The van der Waals surface area contributed by atoms with Gasteiger partial charge in [0.15, 0.2) is 5.13 Å². The molecule has 0 spiro atoms. The van der Waals surface area contributed by atoms with Gasteiger partial charge >= 0.3 is 5.91 Å². The number of Topliss-reactive ketones (excluding diaryl/α,β-unsaturated/α-hetero) is 1. The first-order valence-corrected chi connectivity index (χ1v) is 14.2. The maximum atomic E-state index is 13.6. The molecule has 1 N–H and O–H groups in total. The molecule has 0 radical (unpaired) electrons. The molecule has 5 rings (SSSR count). The van der Waals surface area contributed by atoms with Crippen molar-refractivity contribution in [2.75, 3.05) is 18.6 Å². The van der Waals surface area contributed by atoms with Crippen molar-refractivity contribution in [1.82, 2.24) is 4.98 Å². The van der Waals surface area contributed by atoms with Crippen molar-refractivity contribution in [3.63, 3.8) is 0 Å². The zero-order valence-corrected chi connectivity index (χ0v) is 23.9. The number of aromatic nitrogens is 1. The van der Waals surface area contributed by atoms with E-state index in [0.717, 1.165) is 40.6 Å². The summed E-state index contributed by atoms with van der Waals surface area (Å²) >= 11 is 1.35. The molecule has 1 fully saturated rings. The van der Waals surface area contributed by atoms with Crippen molar-refractivity contribution in [3.8, 4) is 11.5 Å². The van der Waals surface area contributed by atoms with Crippen LogP contribution in [0, 0.1) is 13.8 Å². The molecular weight excluding hydrogens is 524 g/mol. The van der Waals surface area contributed by atoms with Gasteiger partial charge in [0.05, 0.1) is 35.5 Å². The number of hydrogen-bond acceptors (Lipinski definition) is 7. The molecule has 3 aromatic carbocycles. The van der Waals surface area contributed by atoms with Gasteiger partial charge < -0.3 is 14.6 Å². The highest BCUT2D eigenvalue weighted by Crippen LogP contribution is 2.45. The molecule has 1 saturated heterocycles. The van der Waals surface area contributed by atoms with Gasteiger partial charge in [-0.05, 0) is 67.3 Å². The number of aliphatic hydroxyl groups is 1. The average molecular weight is 557 g/mol. The number of anilines is 1. The van der Waals surface area contributed by atoms with Crippen LogP contribution in [0.3, 0.4) is 0 Å². The summed E-state index contributed by atoms with van der Waals surface area (Å²) in [4.78, 5) is 33.4. The second-order valence-corrected chi connectivity index (χ2v) is 11.0. The predicted octanol–water partition coefficient (Wildman–Crippen LogP) is 7.12. The zero-order valence-electron chi connectivity index (χ0n) is 23.1. The molecule has 1 aromatic heterocycles. The topological polar surface area (TPSA) is 89.0 Å². The number of carbonyl (C=O) groups excluding carboxylic acids is 2. The Labute approximate surface area is 237 Å². The summed E-state index contributed by atoms with van der Waals surface area (Å²) < 4.78 is 12.1. The van der Waals surface area contributed by atoms with Gasteiger partial charge in [-0.1, -0.05) is 61.4 Å². The monoisotopic (exact) mass is 556 g/mol. The van der Waals surface area contributed by atoms with Crippen LogP contribution < -0.4 is 14.4 Å². The van der Waals surface area contributed by atoms with Crippen molar-refractivity contribution < 1.29 is 24.2 Å². The number of ether oxygens (including phenoxy) is 2. The van der Waals surface area contributed by atoms with Crippen LogP contribution in [0.15, 0.2) is 66.2 Å². The normalized spacial score (nSPS) is 16.6. The molecule has 4 aromatic rings. The third kappa shape index (κ3) is 5.19. The molecule has 8 heteroatoms. The van der Waals surface area contributed by atoms with Gasteiger partial charge in [0.25, 0.3) is 5.78 Å². The first-order chi connectivity index (χ1) is 19.3. The molecule has 206 valence electrons. The van der Waals surface area contributed by atoms with Crippen molar-refractivity contribution in [3.05, 3.63) is 88.5 Å². The average Bonchev–Trinajstić information content (AvgIpc) is 3.49. The summed E-state index contributed by atoms with van der Waals surface area (Å²) in [5.41, 5.74) is 3.92. The lowest BCUT2D eigenvalue weighted by Gasteiger charge is -2.23. The van der Waals surface area contributed by atoms with Crippen LogP contribution in [0.2, 0.25) is 0 Å². The molecule has 0 aliphatic carbocycles. The number of benzene rings is 3. The smallest absolute Gasteiger partial charge is 0.301 e. The minimum atomic E-state index is -0.873. The van der Waals surface area contributed by atoms with Crippen molar-refractivity contribution in [2.24, 2.45) is 0 Å². The van der Waals surface area contributed by atoms with E-state index in [1.807, 2.05) is 50.2 Å². The van der Waals surface area contributed by atoms with Gasteiger partial charge in [-0.2, -0.15) is 0 Å². The highest BCUT2D eigenvalue weighted by Gasteiger charge is 2.48. The van der Waals surface area contributed by atoms with Crippen LogP contribution in [-0.4, -0.2) is 35.5 Å². The third-order valence-corrected chi connectivity index (χ3v) is 8.03.